The van der Waals surface area contributed by atoms with Crippen molar-refractivity contribution in [3.05, 3.63) is 65.7 Å². The molecule has 2 aromatic carbocycles. The minimum atomic E-state index is -0.810. The van der Waals surface area contributed by atoms with Crippen LogP contribution in [0.25, 0.3) is 0 Å². The zero-order chi connectivity index (χ0) is 29.0. The first kappa shape index (κ1) is 30.1. The van der Waals surface area contributed by atoms with Crippen LogP contribution in [0.1, 0.15) is 67.8 Å². The molecule has 9 nitrogen and oxygen atoms in total. The van der Waals surface area contributed by atoms with Gasteiger partial charge in [-0.25, -0.2) is 9.59 Å². The highest BCUT2D eigenvalue weighted by Crippen LogP contribution is 2.23. The van der Waals surface area contributed by atoms with Crippen molar-refractivity contribution >= 4 is 29.5 Å². The summed E-state index contributed by atoms with van der Waals surface area (Å²) in [5.74, 6) is -0.537. The van der Waals surface area contributed by atoms with Crippen LogP contribution in [0.3, 0.4) is 0 Å². The van der Waals surface area contributed by atoms with Crippen LogP contribution >= 0.6 is 0 Å². The molecular weight excluding hydrogens is 520 g/mol. The number of ether oxygens (including phenoxy) is 1. The molecule has 2 N–H and O–H groups in total. The highest BCUT2D eigenvalue weighted by atomic mass is 16.5. The summed E-state index contributed by atoms with van der Waals surface area (Å²) >= 11 is 0. The van der Waals surface area contributed by atoms with E-state index in [1.807, 2.05) is 42.2 Å². The van der Waals surface area contributed by atoms with Crippen LogP contribution in [0.5, 0.6) is 0 Å². The van der Waals surface area contributed by atoms with E-state index in [0.717, 1.165) is 44.3 Å². The Balaban J connectivity index is 1.40. The molecule has 2 fully saturated rings. The largest absolute Gasteiger partial charge is 0.462 e. The molecule has 0 radical (unpaired) electrons. The number of unbranched alkanes of at least 4 members (excludes halogenated alkanes) is 1. The molecule has 4 rings (SSSR count). The Kier molecular flexibility index (Phi) is 11.2. The number of esters is 1. The number of nitrogens with one attached hydrogen (secondary N) is 2. The Morgan fingerprint density at radius 2 is 1.56 bits per heavy atom. The summed E-state index contributed by atoms with van der Waals surface area (Å²) in [6.45, 7) is 4.93. The van der Waals surface area contributed by atoms with Crippen LogP contribution in [-0.2, 0) is 20.7 Å². The number of amides is 4. The van der Waals surface area contributed by atoms with Gasteiger partial charge in [0.1, 0.15) is 6.04 Å². The molecule has 0 bridgehead atoms. The molecular formula is C32H42N4O5. The van der Waals surface area contributed by atoms with E-state index in [9.17, 15) is 19.2 Å². The summed E-state index contributed by atoms with van der Waals surface area (Å²) in [4.78, 5) is 56.2. The minimum absolute atomic E-state index is 0.0606. The second-order valence-electron chi connectivity index (χ2n) is 10.9. The Bertz CT molecular complexity index is 1170. The number of hydrogen-bond donors (Lipinski definition) is 2. The van der Waals surface area contributed by atoms with Gasteiger partial charge < -0.3 is 25.2 Å². The van der Waals surface area contributed by atoms with Crippen molar-refractivity contribution in [2.24, 2.45) is 5.92 Å². The SMILES string of the molecule is CCCCOC(=O)c1ccccc1NC(=O)N[C@@H](Cc1ccccc1)C(=O)N1CCC(C(=O)N2CCCCC2)CC1. The van der Waals surface area contributed by atoms with Gasteiger partial charge in [0.15, 0.2) is 0 Å². The van der Waals surface area contributed by atoms with E-state index in [1.165, 1.54) is 6.42 Å². The molecule has 2 heterocycles. The standard InChI is InChI=1S/C32H42N4O5/c1-2-3-22-41-31(39)26-14-8-9-15-27(26)33-32(40)34-28(23-24-12-6-4-7-13-24)30(38)36-20-16-25(17-21-36)29(37)35-18-10-5-11-19-35/h4,6-9,12-15,25,28H,2-3,5,10-11,16-23H2,1H3,(H2,33,34,40)/t28-/m0/s1. The fourth-order valence-electron chi connectivity index (χ4n) is 5.46. The predicted molar refractivity (Wildman–Crippen MR) is 157 cm³/mol. The van der Waals surface area contributed by atoms with Gasteiger partial charge in [-0.15, -0.1) is 0 Å². The fraction of sp³-hybridized carbons (Fsp3) is 0.500. The smallest absolute Gasteiger partial charge is 0.340 e. The van der Waals surface area contributed by atoms with E-state index >= 15 is 0 Å². The third-order valence-corrected chi connectivity index (χ3v) is 7.84. The number of likely N-dealkylation sites (tertiary alicyclic amines) is 2. The van der Waals surface area contributed by atoms with Gasteiger partial charge in [-0.3, -0.25) is 9.59 Å². The molecule has 4 amide bonds. The van der Waals surface area contributed by atoms with Crippen molar-refractivity contribution in [3.8, 4) is 0 Å². The van der Waals surface area contributed by atoms with Gasteiger partial charge in [0, 0.05) is 38.5 Å². The maximum atomic E-state index is 13.7. The number of anilines is 1. The highest BCUT2D eigenvalue weighted by molar-refractivity contribution is 6.01. The number of hydrogen-bond acceptors (Lipinski definition) is 5. The van der Waals surface area contributed by atoms with E-state index in [4.69, 9.17) is 4.74 Å². The number of para-hydroxylation sites is 1. The molecule has 0 saturated carbocycles. The average molecular weight is 563 g/mol. The monoisotopic (exact) mass is 562 g/mol. The molecule has 2 aromatic rings. The molecule has 0 unspecified atom stereocenters. The van der Waals surface area contributed by atoms with Crippen molar-refractivity contribution in [1.29, 1.82) is 0 Å². The summed E-state index contributed by atoms with van der Waals surface area (Å²) in [5.41, 5.74) is 1.49. The Hall–Kier alpha value is -3.88. The first-order chi connectivity index (χ1) is 20.0. The van der Waals surface area contributed by atoms with Crippen LogP contribution in [-0.4, -0.2) is 72.4 Å². The summed E-state index contributed by atoms with van der Waals surface area (Å²) in [5, 5.41) is 5.59. The summed E-state index contributed by atoms with van der Waals surface area (Å²) in [6.07, 6.45) is 6.52. The molecule has 41 heavy (non-hydrogen) atoms. The van der Waals surface area contributed by atoms with Gasteiger partial charge in [0.2, 0.25) is 11.8 Å². The summed E-state index contributed by atoms with van der Waals surface area (Å²) in [7, 11) is 0. The zero-order valence-electron chi connectivity index (χ0n) is 24.0. The normalized spacial score (nSPS) is 16.5. The van der Waals surface area contributed by atoms with E-state index < -0.39 is 18.0 Å². The molecule has 9 heteroatoms. The van der Waals surface area contributed by atoms with Gasteiger partial charge in [-0.2, -0.15) is 0 Å². The van der Waals surface area contributed by atoms with Crippen molar-refractivity contribution in [2.45, 2.75) is 64.3 Å². The van der Waals surface area contributed by atoms with E-state index in [-0.39, 0.29) is 23.3 Å². The Morgan fingerprint density at radius 1 is 0.878 bits per heavy atom. The van der Waals surface area contributed by atoms with E-state index in [2.05, 4.69) is 10.6 Å². The van der Waals surface area contributed by atoms with Crippen molar-refractivity contribution in [2.75, 3.05) is 38.1 Å². The second-order valence-corrected chi connectivity index (χ2v) is 10.9. The number of rotatable bonds is 10. The molecule has 0 aliphatic carbocycles. The molecule has 0 aromatic heterocycles. The average Bonchev–Trinajstić information content (AvgIpc) is 3.01. The topological polar surface area (TPSA) is 108 Å². The first-order valence-electron chi connectivity index (χ1n) is 14.9. The van der Waals surface area contributed by atoms with Crippen LogP contribution < -0.4 is 10.6 Å². The second kappa shape index (κ2) is 15.2. The van der Waals surface area contributed by atoms with Crippen molar-refractivity contribution in [1.82, 2.24) is 15.1 Å². The lowest BCUT2D eigenvalue weighted by atomic mass is 9.93. The van der Waals surface area contributed by atoms with Gasteiger partial charge in [0.25, 0.3) is 0 Å². The number of urea groups is 1. The number of piperidine rings is 2. The molecule has 2 aliphatic rings. The number of benzene rings is 2. The van der Waals surface area contributed by atoms with Gasteiger partial charge in [-0.05, 0) is 56.2 Å². The highest BCUT2D eigenvalue weighted by Gasteiger charge is 2.33. The van der Waals surface area contributed by atoms with Crippen molar-refractivity contribution in [3.63, 3.8) is 0 Å². The van der Waals surface area contributed by atoms with E-state index in [0.29, 0.717) is 44.6 Å². The van der Waals surface area contributed by atoms with Gasteiger partial charge in [0.05, 0.1) is 17.9 Å². The number of carbonyl (C=O) groups excluding carboxylic acids is 4. The lowest BCUT2D eigenvalue weighted by molar-refractivity contribution is -0.142. The molecule has 2 saturated heterocycles. The summed E-state index contributed by atoms with van der Waals surface area (Å²) in [6, 6.07) is 14.8. The number of nitrogens with zero attached hydrogens (tertiary/aromatic N) is 2. The zero-order valence-corrected chi connectivity index (χ0v) is 24.0. The van der Waals surface area contributed by atoms with Gasteiger partial charge in [-0.1, -0.05) is 55.8 Å². The lowest BCUT2D eigenvalue weighted by Crippen LogP contribution is -2.53. The van der Waals surface area contributed by atoms with E-state index in [1.54, 1.807) is 29.2 Å². The fourth-order valence-corrected chi connectivity index (χ4v) is 5.46. The van der Waals surface area contributed by atoms with Crippen LogP contribution in [0.2, 0.25) is 0 Å². The molecule has 2 aliphatic heterocycles. The van der Waals surface area contributed by atoms with Crippen molar-refractivity contribution < 1.29 is 23.9 Å². The summed E-state index contributed by atoms with van der Waals surface area (Å²) < 4.78 is 5.33. The third-order valence-electron chi connectivity index (χ3n) is 7.84. The molecule has 220 valence electrons. The van der Waals surface area contributed by atoms with Crippen LogP contribution in [0.15, 0.2) is 54.6 Å². The van der Waals surface area contributed by atoms with Gasteiger partial charge >= 0.3 is 12.0 Å². The van der Waals surface area contributed by atoms with Crippen LogP contribution in [0, 0.1) is 5.92 Å². The lowest BCUT2D eigenvalue weighted by Gasteiger charge is -2.37. The molecule has 0 spiro atoms. The first-order valence-corrected chi connectivity index (χ1v) is 14.9. The predicted octanol–water partition coefficient (Wildman–Crippen LogP) is 4.63. The molecule has 1 atom stereocenters. The maximum Gasteiger partial charge on any atom is 0.340 e. The minimum Gasteiger partial charge on any atom is -0.462 e. The quantitative estimate of drug-likeness (QED) is 0.324. The Morgan fingerprint density at radius 3 is 2.27 bits per heavy atom. The Labute approximate surface area is 242 Å². The third kappa shape index (κ3) is 8.55. The maximum absolute atomic E-state index is 13.7. The van der Waals surface area contributed by atoms with Crippen LogP contribution in [0.4, 0.5) is 10.5 Å². The number of carbonyl (C=O) groups is 4.